The van der Waals surface area contributed by atoms with Gasteiger partial charge in [0.05, 0.1) is 6.61 Å². The minimum absolute atomic E-state index is 0.0323. The van der Waals surface area contributed by atoms with Crippen molar-refractivity contribution in [1.82, 2.24) is 0 Å². The SMILES string of the molecule is CCCCCCCCCCCCCCCCCCCCCCCCCCCCCCCCC(=O)OCCCCCCCCCCCCCCCC. The van der Waals surface area contributed by atoms with Crippen LogP contribution >= 0.6 is 0 Å². The van der Waals surface area contributed by atoms with Crippen LogP contribution in [-0.2, 0) is 9.53 Å². The van der Waals surface area contributed by atoms with Gasteiger partial charge >= 0.3 is 5.97 Å². The lowest BCUT2D eigenvalue weighted by Crippen LogP contribution is -2.05. The van der Waals surface area contributed by atoms with Gasteiger partial charge in [0.2, 0.25) is 0 Å². The molecule has 0 aliphatic heterocycles. The molecule has 0 aliphatic carbocycles. The Morgan fingerprint density at radius 1 is 0.255 bits per heavy atom. The van der Waals surface area contributed by atoms with E-state index in [9.17, 15) is 4.79 Å². The van der Waals surface area contributed by atoms with Crippen LogP contribution in [0.4, 0.5) is 0 Å². The van der Waals surface area contributed by atoms with Crippen LogP contribution in [0.5, 0.6) is 0 Å². The van der Waals surface area contributed by atoms with Crippen molar-refractivity contribution in [3.8, 4) is 0 Å². The van der Waals surface area contributed by atoms with Crippen molar-refractivity contribution < 1.29 is 9.53 Å². The lowest BCUT2D eigenvalue weighted by atomic mass is 10.0. The van der Waals surface area contributed by atoms with Crippen molar-refractivity contribution in [3.63, 3.8) is 0 Å². The van der Waals surface area contributed by atoms with E-state index in [1.165, 1.54) is 270 Å². The minimum atomic E-state index is 0.0323. The van der Waals surface area contributed by atoms with Crippen LogP contribution in [-0.4, -0.2) is 12.6 Å². The molecule has 0 unspecified atom stereocenters. The Hall–Kier alpha value is -0.530. The zero-order valence-electron chi connectivity index (χ0n) is 35.8. The molecule has 0 bridgehead atoms. The van der Waals surface area contributed by atoms with Crippen LogP contribution in [0.1, 0.15) is 303 Å². The number of rotatable bonds is 46. The van der Waals surface area contributed by atoms with Gasteiger partial charge in [0.1, 0.15) is 0 Å². The number of hydrogen-bond donors (Lipinski definition) is 0. The van der Waals surface area contributed by atoms with E-state index < -0.39 is 0 Å². The van der Waals surface area contributed by atoms with Crippen LogP contribution in [0.25, 0.3) is 0 Å². The van der Waals surface area contributed by atoms with E-state index in [2.05, 4.69) is 13.8 Å². The molecular formula is C49H98O2. The molecule has 306 valence electrons. The van der Waals surface area contributed by atoms with Crippen molar-refractivity contribution in [3.05, 3.63) is 0 Å². The predicted octanol–water partition coefficient (Wildman–Crippen LogP) is 18.1. The van der Waals surface area contributed by atoms with Gasteiger partial charge in [-0.3, -0.25) is 4.79 Å². The maximum absolute atomic E-state index is 12.0. The molecule has 0 rings (SSSR count). The molecule has 0 radical (unpaired) electrons. The highest BCUT2D eigenvalue weighted by molar-refractivity contribution is 5.69. The van der Waals surface area contributed by atoms with E-state index in [1.54, 1.807) is 0 Å². The molecule has 0 atom stereocenters. The molecule has 0 saturated heterocycles. The highest BCUT2D eigenvalue weighted by Gasteiger charge is 2.03. The fourth-order valence-corrected chi connectivity index (χ4v) is 7.85. The largest absolute Gasteiger partial charge is 0.466 e. The summed E-state index contributed by atoms with van der Waals surface area (Å²) in [6.45, 7) is 5.23. The number of ether oxygens (including phenoxy) is 1. The molecule has 0 aliphatic rings. The molecule has 0 saturated carbocycles. The average Bonchev–Trinajstić information content (AvgIpc) is 3.14. The second kappa shape index (κ2) is 47.5. The molecule has 2 nitrogen and oxygen atoms in total. The summed E-state index contributed by atoms with van der Waals surface area (Å²) in [4.78, 5) is 12.0. The van der Waals surface area contributed by atoms with E-state index in [4.69, 9.17) is 4.74 Å². The molecule has 0 N–H and O–H groups in total. The van der Waals surface area contributed by atoms with Gasteiger partial charge in [-0.05, 0) is 12.8 Å². The molecule has 0 heterocycles. The standard InChI is InChI=1S/C49H98O2/c1-3-5-7-9-11-13-15-17-19-20-21-22-23-24-25-26-27-28-29-30-31-32-33-34-35-37-39-41-43-45-47-49(50)51-48-46-44-42-40-38-36-18-16-14-12-10-8-6-4-2/h3-48H2,1-2H3. The summed E-state index contributed by atoms with van der Waals surface area (Å²) in [6, 6.07) is 0. The molecule has 2 heteroatoms. The minimum Gasteiger partial charge on any atom is -0.466 e. The van der Waals surface area contributed by atoms with Crippen molar-refractivity contribution in [1.29, 1.82) is 0 Å². The summed E-state index contributed by atoms with van der Waals surface area (Å²) >= 11 is 0. The van der Waals surface area contributed by atoms with Gasteiger partial charge in [-0.15, -0.1) is 0 Å². The average molecular weight is 719 g/mol. The lowest BCUT2D eigenvalue weighted by Gasteiger charge is -2.06. The van der Waals surface area contributed by atoms with Crippen LogP contribution in [0.3, 0.4) is 0 Å². The van der Waals surface area contributed by atoms with Crippen molar-refractivity contribution in [2.45, 2.75) is 303 Å². The van der Waals surface area contributed by atoms with Crippen molar-refractivity contribution in [2.75, 3.05) is 6.61 Å². The monoisotopic (exact) mass is 719 g/mol. The molecule has 0 spiro atoms. The topological polar surface area (TPSA) is 26.3 Å². The van der Waals surface area contributed by atoms with E-state index in [0.29, 0.717) is 13.0 Å². The van der Waals surface area contributed by atoms with Gasteiger partial charge in [0.25, 0.3) is 0 Å². The zero-order valence-corrected chi connectivity index (χ0v) is 35.8. The van der Waals surface area contributed by atoms with Gasteiger partial charge in [0, 0.05) is 6.42 Å². The Labute approximate surface area is 324 Å². The summed E-state index contributed by atoms with van der Waals surface area (Å²) in [5.41, 5.74) is 0. The predicted molar refractivity (Wildman–Crippen MR) is 230 cm³/mol. The third kappa shape index (κ3) is 47.4. The number of esters is 1. The summed E-state index contributed by atoms with van der Waals surface area (Å²) in [5, 5.41) is 0. The van der Waals surface area contributed by atoms with Gasteiger partial charge < -0.3 is 4.74 Å². The molecule has 0 aromatic carbocycles. The zero-order chi connectivity index (χ0) is 36.8. The van der Waals surface area contributed by atoms with Crippen molar-refractivity contribution >= 4 is 5.97 Å². The van der Waals surface area contributed by atoms with Crippen molar-refractivity contribution in [2.24, 2.45) is 0 Å². The third-order valence-corrected chi connectivity index (χ3v) is 11.5. The quantitative estimate of drug-likeness (QED) is 0.0463. The van der Waals surface area contributed by atoms with Gasteiger partial charge in [-0.1, -0.05) is 284 Å². The second-order valence-corrected chi connectivity index (χ2v) is 16.8. The van der Waals surface area contributed by atoms with Gasteiger partial charge in [-0.25, -0.2) is 0 Å². The molecular weight excluding hydrogens is 621 g/mol. The van der Waals surface area contributed by atoms with Crippen LogP contribution in [0.2, 0.25) is 0 Å². The smallest absolute Gasteiger partial charge is 0.305 e. The molecule has 0 aromatic rings. The summed E-state index contributed by atoms with van der Waals surface area (Å²) < 4.78 is 5.47. The van der Waals surface area contributed by atoms with E-state index in [0.717, 1.165) is 12.8 Å². The van der Waals surface area contributed by atoms with Crippen LogP contribution in [0.15, 0.2) is 0 Å². The normalized spacial score (nSPS) is 11.5. The maximum atomic E-state index is 12.0. The van der Waals surface area contributed by atoms with Crippen LogP contribution < -0.4 is 0 Å². The second-order valence-electron chi connectivity index (χ2n) is 16.8. The highest BCUT2D eigenvalue weighted by atomic mass is 16.5. The Morgan fingerprint density at radius 3 is 0.647 bits per heavy atom. The first-order valence-electron chi connectivity index (χ1n) is 24.5. The summed E-state index contributed by atoms with van der Waals surface area (Å²) in [6.07, 6.45) is 62.4. The van der Waals surface area contributed by atoms with E-state index in [-0.39, 0.29) is 5.97 Å². The fraction of sp³-hybridized carbons (Fsp3) is 0.980. The fourth-order valence-electron chi connectivity index (χ4n) is 7.85. The maximum Gasteiger partial charge on any atom is 0.305 e. The number of carbonyl (C=O) groups is 1. The molecule has 0 aromatic heterocycles. The molecule has 0 fully saturated rings. The highest BCUT2D eigenvalue weighted by Crippen LogP contribution is 2.17. The Balaban J connectivity index is 3.13. The van der Waals surface area contributed by atoms with Gasteiger partial charge in [0.15, 0.2) is 0 Å². The summed E-state index contributed by atoms with van der Waals surface area (Å²) in [7, 11) is 0. The molecule has 0 amide bonds. The van der Waals surface area contributed by atoms with E-state index in [1.807, 2.05) is 0 Å². The molecule has 51 heavy (non-hydrogen) atoms. The van der Waals surface area contributed by atoms with E-state index >= 15 is 0 Å². The number of carbonyl (C=O) groups excluding carboxylic acids is 1. The number of hydrogen-bond acceptors (Lipinski definition) is 2. The van der Waals surface area contributed by atoms with Gasteiger partial charge in [-0.2, -0.15) is 0 Å². The first kappa shape index (κ1) is 50.5. The Bertz CT molecular complexity index is 615. The lowest BCUT2D eigenvalue weighted by molar-refractivity contribution is -0.143. The van der Waals surface area contributed by atoms with Crippen LogP contribution in [0, 0.1) is 0 Å². The Kier molecular flexibility index (Phi) is 47.0. The Morgan fingerprint density at radius 2 is 0.431 bits per heavy atom. The number of unbranched alkanes of at least 4 members (excludes halogenated alkanes) is 42. The third-order valence-electron chi connectivity index (χ3n) is 11.5. The summed E-state index contributed by atoms with van der Waals surface area (Å²) in [5.74, 6) is 0.0323. The first-order chi connectivity index (χ1) is 25.3. The first-order valence-corrected chi connectivity index (χ1v) is 24.5.